The number of aromatic nitrogens is 3. The number of nitro benzene ring substituents is 1. The van der Waals surface area contributed by atoms with Gasteiger partial charge in [0, 0.05) is 35.1 Å². The van der Waals surface area contributed by atoms with Crippen LogP contribution in [0.2, 0.25) is 0 Å². The summed E-state index contributed by atoms with van der Waals surface area (Å²) in [6, 6.07) is 17.3. The van der Waals surface area contributed by atoms with Crippen molar-refractivity contribution in [1.29, 1.82) is 0 Å². The van der Waals surface area contributed by atoms with Crippen LogP contribution in [0.1, 0.15) is 10.4 Å². The van der Waals surface area contributed by atoms with E-state index in [4.69, 9.17) is 4.42 Å². The lowest BCUT2D eigenvalue weighted by molar-refractivity contribution is -0.387. The molecule has 3 aromatic carbocycles. The number of carbonyl (C=O) groups excluding carboxylic acids is 1. The van der Waals surface area contributed by atoms with Crippen molar-refractivity contribution in [3.63, 3.8) is 0 Å². The number of aryl methyl sites for hydroxylation is 1. The third kappa shape index (κ3) is 3.56. The molecule has 0 atom stereocenters. The Hall–Kier alpha value is -4.18. The van der Waals surface area contributed by atoms with Crippen LogP contribution in [0.4, 0.5) is 11.4 Å². The largest absolute Gasteiger partial charge is 0.456 e. The molecule has 1 amide bonds. The van der Waals surface area contributed by atoms with E-state index in [-0.39, 0.29) is 11.3 Å². The maximum atomic E-state index is 12.8. The van der Waals surface area contributed by atoms with Gasteiger partial charge in [-0.3, -0.25) is 14.9 Å². The Balaban J connectivity index is 1.44. The first-order chi connectivity index (χ1) is 15.5. The van der Waals surface area contributed by atoms with Crippen LogP contribution in [0.15, 0.2) is 81.5 Å². The number of nitro groups is 1. The average molecular weight is 445 g/mol. The summed E-state index contributed by atoms with van der Waals surface area (Å²) in [6.07, 6.45) is 1.51. The first kappa shape index (κ1) is 19.8. The molecule has 9 nitrogen and oxygen atoms in total. The van der Waals surface area contributed by atoms with Gasteiger partial charge in [-0.15, -0.1) is 10.2 Å². The first-order valence-corrected chi connectivity index (χ1v) is 10.3. The van der Waals surface area contributed by atoms with Crippen LogP contribution < -0.4 is 5.32 Å². The summed E-state index contributed by atoms with van der Waals surface area (Å²) < 4.78 is 7.46. The average Bonchev–Trinajstić information content (AvgIpc) is 3.36. The van der Waals surface area contributed by atoms with Crippen molar-refractivity contribution in [1.82, 2.24) is 14.8 Å². The van der Waals surface area contributed by atoms with Gasteiger partial charge in [0.1, 0.15) is 17.5 Å². The van der Waals surface area contributed by atoms with Gasteiger partial charge in [0.25, 0.3) is 11.6 Å². The minimum atomic E-state index is -0.515. The van der Waals surface area contributed by atoms with Crippen molar-refractivity contribution < 1.29 is 14.1 Å². The van der Waals surface area contributed by atoms with E-state index in [0.29, 0.717) is 21.3 Å². The first-order valence-electron chi connectivity index (χ1n) is 9.52. The molecule has 5 rings (SSSR count). The van der Waals surface area contributed by atoms with Gasteiger partial charge in [0.05, 0.1) is 9.82 Å². The van der Waals surface area contributed by atoms with Crippen LogP contribution >= 0.6 is 11.8 Å². The van der Waals surface area contributed by atoms with Crippen LogP contribution in [0, 0.1) is 10.1 Å². The molecule has 10 heteroatoms. The number of para-hydroxylation sites is 1. The number of hydrogen-bond donors (Lipinski definition) is 1. The SMILES string of the molecule is Cn1cnnc1Sc1ccc(C(=O)Nc2ccc3oc4ccccc4c3c2)cc1[N+](=O)[O-]. The summed E-state index contributed by atoms with van der Waals surface area (Å²) in [5.41, 5.74) is 2.04. The summed E-state index contributed by atoms with van der Waals surface area (Å²) in [4.78, 5) is 24.3. The maximum absolute atomic E-state index is 12.8. The number of anilines is 1. The Labute approximate surface area is 185 Å². The van der Waals surface area contributed by atoms with Gasteiger partial charge in [0.15, 0.2) is 5.16 Å². The summed E-state index contributed by atoms with van der Waals surface area (Å²) in [5.74, 6) is -0.449. The fourth-order valence-corrected chi connectivity index (χ4v) is 4.21. The highest BCUT2D eigenvalue weighted by Crippen LogP contribution is 2.35. The van der Waals surface area contributed by atoms with Crippen molar-refractivity contribution in [2.45, 2.75) is 10.1 Å². The highest BCUT2D eigenvalue weighted by Gasteiger charge is 2.20. The van der Waals surface area contributed by atoms with Crippen LogP contribution in [0.3, 0.4) is 0 Å². The smallest absolute Gasteiger partial charge is 0.284 e. The zero-order chi connectivity index (χ0) is 22.2. The molecular weight excluding hydrogens is 430 g/mol. The molecule has 0 fully saturated rings. The number of furan rings is 1. The lowest BCUT2D eigenvalue weighted by atomic mass is 10.1. The quantitative estimate of drug-likeness (QED) is 0.298. The second kappa shape index (κ2) is 7.82. The monoisotopic (exact) mass is 445 g/mol. The third-order valence-corrected chi connectivity index (χ3v) is 6.04. The summed E-state index contributed by atoms with van der Waals surface area (Å²) in [7, 11) is 1.75. The standard InChI is InChI=1S/C22H15N5O4S/c1-26-12-23-25-22(26)32-20-9-6-13(10-17(20)27(29)30)21(28)24-14-7-8-19-16(11-14)15-4-2-3-5-18(15)31-19/h2-12H,1H3,(H,24,28). The Bertz CT molecular complexity index is 1510. The van der Waals surface area contributed by atoms with Gasteiger partial charge in [0.2, 0.25) is 0 Å². The molecule has 0 saturated carbocycles. The van der Waals surface area contributed by atoms with E-state index in [1.165, 1.54) is 12.4 Å². The number of nitrogens with one attached hydrogen (secondary N) is 1. The second-order valence-electron chi connectivity index (χ2n) is 7.03. The molecule has 0 radical (unpaired) electrons. The topological polar surface area (TPSA) is 116 Å². The Morgan fingerprint density at radius 3 is 2.69 bits per heavy atom. The van der Waals surface area contributed by atoms with Gasteiger partial charge >= 0.3 is 0 Å². The Morgan fingerprint density at radius 1 is 1.09 bits per heavy atom. The van der Waals surface area contributed by atoms with Crippen LogP contribution in [0.5, 0.6) is 0 Å². The third-order valence-electron chi connectivity index (χ3n) is 4.92. The van der Waals surface area contributed by atoms with Gasteiger partial charge in [-0.05, 0) is 48.2 Å². The summed E-state index contributed by atoms with van der Waals surface area (Å²) in [5, 5.41) is 24.5. The normalized spacial score (nSPS) is 11.2. The maximum Gasteiger partial charge on any atom is 0.284 e. The van der Waals surface area contributed by atoms with Gasteiger partial charge < -0.3 is 14.3 Å². The van der Waals surface area contributed by atoms with E-state index >= 15 is 0 Å². The summed E-state index contributed by atoms with van der Waals surface area (Å²) >= 11 is 1.11. The number of nitrogens with zero attached hydrogens (tertiary/aromatic N) is 4. The zero-order valence-corrected chi connectivity index (χ0v) is 17.5. The lowest BCUT2D eigenvalue weighted by Gasteiger charge is -2.07. The molecule has 0 saturated heterocycles. The van der Waals surface area contributed by atoms with Gasteiger partial charge in [-0.1, -0.05) is 18.2 Å². The number of amides is 1. The van der Waals surface area contributed by atoms with Crippen LogP contribution in [-0.4, -0.2) is 25.6 Å². The van der Waals surface area contributed by atoms with Crippen LogP contribution in [0.25, 0.3) is 21.9 Å². The van der Waals surface area contributed by atoms with Crippen LogP contribution in [-0.2, 0) is 7.05 Å². The number of fused-ring (bicyclic) bond motifs is 3. The van der Waals surface area contributed by atoms with Gasteiger partial charge in [-0.2, -0.15) is 0 Å². The van der Waals surface area contributed by atoms with E-state index in [0.717, 1.165) is 28.1 Å². The number of hydrogen-bond acceptors (Lipinski definition) is 7. The van der Waals surface area contributed by atoms with E-state index in [9.17, 15) is 14.9 Å². The Kier molecular flexibility index (Phi) is 4.83. The van der Waals surface area contributed by atoms with Crippen molar-refractivity contribution >= 4 is 51.0 Å². The van der Waals surface area contributed by atoms with E-state index in [2.05, 4.69) is 15.5 Å². The molecule has 1 N–H and O–H groups in total. The molecule has 2 heterocycles. The molecule has 0 spiro atoms. The molecule has 0 aliphatic heterocycles. The fourth-order valence-electron chi connectivity index (χ4n) is 3.36. The van der Waals surface area contributed by atoms with E-state index in [1.807, 2.05) is 30.3 Å². The Morgan fingerprint density at radius 2 is 1.91 bits per heavy atom. The fraction of sp³-hybridized carbons (Fsp3) is 0.0455. The zero-order valence-electron chi connectivity index (χ0n) is 16.7. The van der Waals surface area contributed by atoms with E-state index in [1.54, 1.807) is 35.9 Å². The van der Waals surface area contributed by atoms with Crippen molar-refractivity contribution in [3.8, 4) is 0 Å². The highest BCUT2D eigenvalue weighted by atomic mass is 32.2. The number of benzene rings is 3. The minimum Gasteiger partial charge on any atom is -0.456 e. The van der Waals surface area contributed by atoms with Crippen molar-refractivity contribution in [3.05, 3.63) is 82.7 Å². The lowest BCUT2D eigenvalue weighted by Crippen LogP contribution is -2.12. The molecular formula is C22H15N5O4S. The molecule has 5 aromatic rings. The molecule has 158 valence electrons. The molecule has 0 aliphatic rings. The molecule has 0 bridgehead atoms. The van der Waals surface area contributed by atoms with Crippen molar-refractivity contribution in [2.75, 3.05) is 5.32 Å². The molecule has 32 heavy (non-hydrogen) atoms. The molecule has 0 unspecified atom stereocenters. The number of rotatable bonds is 5. The summed E-state index contributed by atoms with van der Waals surface area (Å²) in [6.45, 7) is 0. The molecule has 0 aliphatic carbocycles. The highest BCUT2D eigenvalue weighted by molar-refractivity contribution is 7.99. The molecule has 2 aromatic heterocycles. The van der Waals surface area contributed by atoms with Crippen molar-refractivity contribution in [2.24, 2.45) is 7.05 Å². The number of carbonyl (C=O) groups is 1. The van der Waals surface area contributed by atoms with E-state index < -0.39 is 10.8 Å². The predicted octanol–water partition coefficient (Wildman–Crippen LogP) is 5.03. The predicted molar refractivity (Wildman–Crippen MR) is 120 cm³/mol. The minimum absolute atomic E-state index is 0.177. The van der Waals surface area contributed by atoms with Gasteiger partial charge in [-0.25, -0.2) is 0 Å². The second-order valence-corrected chi connectivity index (χ2v) is 8.04.